The molecule has 2 aromatic rings. The maximum Gasteiger partial charge on any atom is 0.273 e. The summed E-state index contributed by atoms with van der Waals surface area (Å²) in [4.78, 5) is 19.5. The molecular formula is C20H25N3OS. The monoisotopic (exact) mass is 355 g/mol. The first-order valence-corrected chi connectivity index (χ1v) is 9.95. The molecule has 1 aromatic carbocycles. The Morgan fingerprint density at radius 1 is 1.24 bits per heavy atom. The molecule has 1 amide bonds. The summed E-state index contributed by atoms with van der Waals surface area (Å²) in [6.07, 6.45) is 4.62. The molecule has 2 aliphatic rings. The van der Waals surface area contributed by atoms with Crippen molar-refractivity contribution < 1.29 is 4.79 Å². The fourth-order valence-corrected chi connectivity index (χ4v) is 5.12. The summed E-state index contributed by atoms with van der Waals surface area (Å²) in [5, 5.41) is 6.47. The summed E-state index contributed by atoms with van der Waals surface area (Å²) < 4.78 is 0. The Kier molecular flexibility index (Phi) is 4.38. The number of rotatable bonds is 3. The van der Waals surface area contributed by atoms with Crippen molar-refractivity contribution >= 4 is 17.2 Å². The molecule has 1 aromatic heterocycles. The summed E-state index contributed by atoms with van der Waals surface area (Å²) >= 11 is 1.56. The van der Waals surface area contributed by atoms with Crippen LogP contribution in [0.4, 0.5) is 0 Å². The van der Waals surface area contributed by atoms with Crippen LogP contribution in [0.3, 0.4) is 0 Å². The van der Waals surface area contributed by atoms with Gasteiger partial charge in [-0.25, -0.2) is 4.98 Å². The lowest BCUT2D eigenvalue weighted by atomic mass is 9.98. The standard InChI is InChI=1S/C20H25N3OS/c1-12-4-7-17(13(2)8-12)19-22-18(11-25-19)20(24)23(3)16-9-14-5-6-15(10-16)21-14/h4,7-8,11,14-16,21H,5-6,9-10H2,1-3H3. The van der Waals surface area contributed by atoms with Crippen LogP contribution in [0.25, 0.3) is 10.6 Å². The lowest BCUT2D eigenvalue weighted by Crippen LogP contribution is -2.48. The minimum absolute atomic E-state index is 0.0542. The second-order valence-corrected chi connectivity index (χ2v) is 8.39. The van der Waals surface area contributed by atoms with E-state index in [9.17, 15) is 4.79 Å². The third-order valence-electron chi connectivity index (χ3n) is 5.65. The number of aryl methyl sites for hydroxylation is 2. The average molecular weight is 356 g/mol. The zero-order chi connectivity index (χ0) is 17.6. The van der Waals surface area contributed by atoms with Gasteiger partial charge in [-0.2, -0.15) is 0 Å². The van der Waals surface area contributed by atoms with Gasteiger partial charge in [-0.1, -0.05) is 23.8 Å². The van der Waals surface area contributed by atoms with Crippen molar-refractivity contribution in [1.29, 1.82) is 0 Å². The van der Waals surface area contributed by atoms with Gasteiger partial charge in [-0.15, -0.1) is 11.3 Å². The molecule has 2 aliphatic heterocycles. The second-order valence-electron chi connectivity index (χ2n) is 7.54. The van der Waals surface area contributed by atoms with Gasteiger partial charge in [0.05, 0.1) is 0 Å². The number of piperidine rings is 1. The molecule has 0 saturated carbocycles. The Balaban J connectivity index is 1.52. The number of nitrogens with zero attached hydrogens (tertiary/aromatic N) is 2. The highest BCUT2D eigenvalue weighted by Gasteiger charge is 2.36. The third kappa shape index (κ3) is 3.23. The smallest absolute Gasteiger partial charge is 0.273 e. The molecule has 2 bridgehead atoms. The predicted octanol–water partition coefficient (Wildman–Crippen LogP) is 3.78. The van der Waals surface area contributed by atoms with Crippen molar-refractivity contribution in [2.75, 3.05) is 7.05 Å². The second kappa shape index (κ2) is 6.54. The number of benzene rings is 1. The summed E-state index contributed by atoms with van der Waals surface area (Å²) in [6.45, 7) is 4.19. The van der Waals surface area contributed by atoms with Crippen molar-refractivity contribution in [3.63, 3.8) is 0 Å². The van der Waals surface area contributed by atoms with Crippen LogP contribution in [-0.4, -0.2) is 41.0 Å². The van der Waals surface area contributed by atoms with E-state index in [-0.39, 0.29) is 5.91 Å². The SMILES string of the molecule is Cc1ccc(-c2nc(C(=O)N(C)C3CC4CCC(C3)N4)cs2)c(C)c1. The van der Waals surface area contributed by atoms with E-state index in [1.54, 1.807) is 11.3 Å². The number of carbonyl (C=O) groups excluding carboxylic acids is 1. The zero-order valence-electron chi connectivity index (χ0n) is 15.1. The van der Waals surface area contributed by atoms with E-state index in [1.165, 1.54) is 24.0 Å². The number of hydrogen-bond donors (Lipinski definition) is 1. The molecule has 0 aliphatic carbocycles. The van der Waals surface area contributed by atoms with Gasteiger partial charge in [0.1, 0.15) is 10.7 Å². The van der Waals surface area contributed by atoms with Crippen molar-refractivity contribution in [2.45, 2.75) is 57.7 Å². The molecule has 2 atom stereocenters. The summed E-state index contributed by atoms with van der Waals surface area (Å²) in [6, 6.07) is 7.86. The number of hydrogen-bond acceptors (Lipinski definition) is 4. The molecule has 2 fully saturated rings. The Hall–Kier alpha value is -1.72. The van der Waals surface area contributed by atoms with E-state index in [1.807, 2.05) is 17.3 Å². The van der Waals surface area contributed by atoms with Gasteiger partial charge in [0.2, 0.25) is 0 Å². The molecule has 2 unspecified atom stereocenters. The first-order chi connectivity index (χ1) is 12.0. The number of amides is 1. The fourth-order valence-electron chi connectivity index (χ4n) is 4.24. The van der Waals surface area contributed by atoms with Gasteiger partial charge in [0.25, 0.3) is 5.91 Å². The van der Waals surface area contributed by atoms with Crippen LogP contribution in [0.15, 0.2) is 23.6 Å². The normalized spacial score (nSPS) is 25.2. The van der Waals surface area contributed by atoms with E-state index < -0.39 is 0 Å². The third-order valence-corrected chi connectivity index (χ3v) is 6.53. The fraction of sp³-hybridized carbons (Fsp3) is 0.500. The van der Waals surface area contributed by atoms with E-state index in [2.05, 4.69) is 42.3 Å². The molecule has 25 heavy (non-hydrogen) atoms. The Labute approximate surface area is 153 Å². The molecule has 4 nitrogen and oxygen atoms in total. The first-order valence-electron chi connectivity index (χ1n) is 9.07. The lowest BCUT2D eigenvalue weighted by Gasteiger charge is -2.35. The van der Waals surface area contributed by atoms with Gasteiger partial charge < -0.3 is 10.2 Å². The molecule has 1 N–H and O–H groups in total. The predicted molar refractivity (Wildman–Crippen MR) is 102 cm³/mol. The number of thiazole rings is 1. The number of fused-ring (bicyclic) bond motifs is 2. The molecule has 132 valence electrons. The Morgan fingerprint density at radius 2 is 1.96 bits per heavy atom. The van der Waals surface area contributed by atoms with Crippen LogP contribution in [0.1, 0.15) is 47.3 Å². The highest BCUT2D eigenvalue weighted by atomic mass is 32.1. The van der Waals surface area contributed by atoms with Crippen molar-refractivity contribution in [3.05, 3.63) is 40.4 Å². The van der Waals surface area contributed by atoms with E-state index in [0.29, 0.717) is 23.8 Å². The summed E-state index contributed by atoms with van der Waals surface area (Å²) in [7, 11) is 1.94. The van der Waals surface area contributed by atoms with E-state index in [4.69, 9.17) is 0 Å². The van der Waals surface area contributed by atoms with Gasteiger partial charge in [0, 0.05) is 36.1 Å². The van der Waals surface area contributed by atoms with Crippen molar-refractivity contribution in [2.24, 2.45) is 0 Å². The number of aromatic nitrogens is 1. The van der Waals surface area contributed by atoms with Gasteiger partial charge in [-0.05, 0) is 45.1 Å². The van der Waals surface area contributed by atoms with E-state index in [0.717, 1.165) is 23.4 Å². The van der Waals surface area contributed by atoms with Crippen LogP contribution < -0.4 is 5.32 Å². The zero-order valence-corrected chi connectivity index (χ0v) is 15.9. The molecule has 0 radical (unpaired) electrons. The quantitative estimate of drug-likeness (QED) is 0.911. The van der Waals surface area contributed by atoms with Crippen LogP contribution in [-0.2, 0) is 0 Å². The molecule has 0 spiro atoms. The molecular weight excluding hydrogens is 330 g/mol. The number of carbonyl (C=O) groups is 1. The minimum Gasteiger partial charge on any atom is -0.337 e. The molecule has 3 heterocycles. The Bertz CT molecular complexity index is 788. The first kappa shape index (κ1) is 16.7. The van der Waals surface area contributed by atoms with Gasteiger partial charge in [-0.3, -0.25) is 4.79 Å². The average Bonchev–Trinajstić information content (AvgIpc) is 3.20. The lowest BCUT2D eigenvalue weighted by molar-refractivity contribution is 0.0676. The molecule has 5 heteroatoms. The molecule has 4 rings (SSSR count). The molecule has 2 saturated heterocycles. The highest BCUT2D eigenvalue weighted by Crippen LogP contribution is 2.31. The van der Waals surface area contributed by atoms with Gasteiger partial charge >= 0.3 is 0 Å². The maximum atomic E-state index is 12.9. The van der Waals surface area contributed by atoms with Crippen LogP contribution in [0.2, 0.25) is 0 Å². The minimum atomic E-state index is 0.0542. The van der Waals surface area contributed by atoms with Crippen LogP contribution in [0, 0.1) is 13.8 Å². The summed E-state index contributed by atoms with van der Waals surface area (Å²) in [5.74, 6) is 0.0542. The largest absolute Gasteiger partial charge is 0.337 e. The maximum absolute atomic E-state index is 12.9. The van der Waals surface area contributed by atoms with Crippen molar-refractivity contribution in [3.8, 4) is 10.6 Å². The van der Waals surface area contributed by atoms with Gasteiger partial charge in [0.15, 0.2) is 0 Å². The topological polar surface area (TPSA) is 45.2 Å². The Morgan fingerprint density at radius 3 is 2.64 bits per heavy atom. The summed E-state index contributed by atoms with van der Waals surface area (Å²) in [5.41, 5.74) is 4.15. The van der Waals surface area contributed by atoms with Crippen molar-refractivity contribution in [1.82, 2.24) is 15.2 Å². The highest BCUT2D eigenvalue weighted by molar-refractivity contribution is 7.13. The van der Waals surface area contributed by atoms with Crippen LogP contribution >= 0.6 is 11.3 Å². The van der Waals surface area contributed by atoms with Crippen LogP contribution in [0.5, 0.6) is 0 Å². The number of nitrogens with one attached hydrogen (secondary N) is 1. The van der Waals surface area contributed by atoms with E-state index >= 15 is 0 Å².